The summed E-state index contributed by atoms with van der Waals surface area (Å²) in [5.41, 5.74) is 0. The third-order valence-electron chi connectivity index (χ3n) is 4.75. The molecule has 0 aromatic carbocycles. The molecule has 2 fully saturated rings. The minimum atomic E-state index is 0.381. The van der Waals surface area contributed by atoms with E-state index in [0.29, 0.717) is 12.2 Å². The van der Waals surface area contributed by atoms with Gasteiger partial charge in [-0.15, -0.1) is 0 Å². The van der Waals surface area contributed by atoms with E-state index in [-0.39, 0.29) is 0 Å². The van der Waals surface area contributed by atoms with E-state index in [9.17, 15) is 0 Å². The van der Waals surface area contributed by atoms with E-state index in [0.717, 1.165) is 43.1 Å². The zero-order valence-electron chi connectivity index (χ0n) is 14.0. The average Bonchev–Trinajstić information content (AvgIpc) is 2.91. The molecule has 0 amide bonds. The maximum Gasteiger partial charge on any atom is 0.205 e. The predicted octanol–water partition coefficient (Wildman–Crippen LogP) is 2.56. The zero-order chi connectivity index (χ0) is 15.5. The van der Waals surface area contributed by atoms with Crippen LogP contribution in [-0.4, -0.2) is 59.2 Å². The Balaban J connectivity index is 1.40. The van der Waals surface area contributed by atoms with Crippen LogP contribution in [0.2, 0.25) is 0 Å². The van der Waals surface area contributed by atoms with Crippen molar-refractivity contribution in [3.63, 3.8) is 0 Å². The molecular formula is C16H28N4OS. The molecule has 3 heterocycles. The van der Waals surface area contributed by atoms with Crippen molar-refractivity contribution in [1.82, 2.24) is 14.3 Å². The smallest absolute Gasteiger partial charge is 0.205 e. The molecule has 0 radical (unpaired) electrons. The summed E-state index contributed by atoms with van der Waals surface area (Å²) in [6.45, 7) is 12.0. The monoisotopic (exact) mass is 324 g/mol. The largest absolute Gasteiger partial charge is 0.373 e. The molecule has 2 aliphatic rings. The van der Waals surface area contributed by atoms with Gasteiger partial charge in [-0.25, -0.2) is 4.98 Å². The van der Waals surface area contributed by atoms with Crippen molar-refractivity contribution in [2.45, 2.75) is 52.2 Å². The average molecular weight is 324 g/mol. The molecule has 2 aliphatic heterocycles. The van der Waals surface area contributed by atoms with E-state index in [1.807, 2.05) is 6.92 Å². The van der Waals surface area contributed by atoms with E-state index in [1.54, 1.807) is 0 Å². The minimum absolute atomic E-state index is 0.381. The number of hydrogen-bond donors (Lipinski definition) is 0. The van der Waals surface area contributed by atoms with Crippen molar-refractivity contribution in [3.05, 3.63) is 5.82 Å². The van der Waals surface area contributed by atoms with Gasteiger partial charge < -0.3 is 9.64 Å². The Morgan fingerprint density at radius 1 is 1.18 bits per heavy atom. The summed E-state index contributed by atoms with van der Waals surface area (Å²) in [7, 11) is 0. The first kappa shape index (κ1) is 16.1. The molecule has 1 aromatic rings. The van der Waals surface area contributed by atoms with Gasteiger partial charge in [-0.2, -0.15) is 4.37 Å². The SMILES string of the molecule is Cc1nsc(N2CCC(CCN3C[C@H](C)O[C@@H](C)C3)CC2)n1. The predicted molar refractivity (Wildman–Crippen MR) is 90.6 cm³/mol. The molecule has 3 rings (SSSR count). The maximum atomic E-state index is 5.81. The Morgan fingerprint density at radius 2 is 1.86 bits per heavy atom. The number of hydrogen-bond acceptors (Lipinski definition) is 6. The van der Waals surface area contributed by atoms with Gasteiger partial charge >= 0.3 is 0 Å². The lowest BCUT2D eigenvalue weighted by atomic mass is 9.93. The van der Waals surface area contributed by atoms with Gasteiger partial charge in [-0.3, -0.25) is 4.90 Å². The second-order valence-electron chi connectivity index (χ2n) is 6.86. The molecule has 124 valence electrons. The number of morpholine rings is 1. The highest BCUT2D eigenvalue weighted by Gasteiger charge is 2.25. The lowest BCUT2D eigenvalue weighted by molar-refractivity contribution is -0.0690. The number of anilines is 1. The summed E-state index contributed by atoms with van der Waals surface area (Å²) >= 11 is 1.54. The van der Waals surface area contributed by atoms with Crippen LogP contribution < -0.4 is 4.90 Å². The number of rotatable bonds is 4. The number of piperidine rings is 1. The van der Waals surface area contributed by atoms with Crippen LogP contribution in [0.3, 0.4) is 0 Å². The standard InChI is InChI=1S/C16H28N4OS/c1-12-10-19(11-13(2)21-12)7-4-15-5-8-20(9-6-15)16-17-14(3)18-22-16/h12-13,15H,4-11H2,1-3H3/t12-,13-/m0/s1. The maximum absolute atomic E-state index is 5.81. The van der Waals surface area contributed by atoms with Crippen LogP contribution in [0.1, 0.15) is 38.9 Å². The summed E-state index contributed by atoms with van der Waals surface area (Å²) < 4.78 is 10.1. The highest BCUT2D eigenvalue weighted by Crippen LogP contribution is 2.26. The molecule has 5 nitrogen and oxygen atoms in total. The first-order chi connectivity index (χ1) is 10.6. The summed E-state index contributed by atoms with van der Waals surface area (Å²) in [5, 5.41) is 1.10. The highest BCUT2D eigenvalue weighted by atomic mass is 32.1. The van der Waals surface area contributed by atoms with E-state index < -0.39 is 0 Å². The van der Waals surface area contributed by atoms with Crippen LogP contribution in [0.25, 0.3) is 0 Å². The van der Waals surface area contributed by atoms with Crippen LogP contribution in [0, 0.1) is 12.8 Å². The molecule has 0 spiro atoms. The summed E-state index contributed by atoms with van der Waals surface area (Å²) in [4.78, 5) is 9.49. The first-order valence-electron chi connectivity index (χ1n) is 8.53. The number of ether oxygens (including phenoxy) is 1. The Kier molecular flexibility index (Phi) is 5.31. The van der Waals surface area contributed by atoms with Crippen molar-refractivity contribution in [2.24, 2.45) is 5.92 Å². The van der Waals surface area contributed by atoms with Crippen molar-refractivity contribution >= 4 is 16.7 Å². The topological polar surface area (TPSA) is 41.5 Å². The van der Waals surface area contributed by atoms with Crippen molar-refractivity contribution in [1.29, 1.82) is 0 Å². The van der Waals surface area contributed by atoms with Gasteiger partial charge in [0.05, 0.1) is 12.2 Å². The lowest BCUT2D eigenvalue weighted by Crippen LogP contribution is -2.46. The van der Waals surface area contributed by atoms with Crippen LogP contribution >= 0.6 is 11.5 Å². The highest BCUT2D eigenvalue weighted by molar-refractivity contribution is 7.09. The minimum Gasteiger partial charge on any atom is -0.373 e. The molecule has 2 saturated heterocycles. The van der Waals surface area contributed by atoms with Gasteiger partial charge in [-0.05, 0) is 52.5 Å². The fraction of sp³-hybridized carbons (Fsp3) is 0.875. The van der Waals surface area contributed by atoms with E-state index in [4.69, 9.17) is 4.74 Å². The Hall–Kier alpha value is -0.720. The number of aromatic nitrogens is 2. The van der Waals surface area contributed by atoms with E-state index >= 15 is 0 Å². The van der Waals surface area contributed by atoms with Crippen LogP contribution in [-0.2, 0) is 4.74 Å². The Labute approximate surface area is 137 Å². The van der Waals surface area contributed by atoms with Gasteiger partial charge in [0, 0.05) is 37.7 Å². The van der Waals surface area contributed by atoms with Gasteiger partial charge in [0.15, 0.2) is 0 Å². The number of aryl methyl sites for hydroxylation is 1. The fourth-order valence-corrected chi connectivity index (χ4v) is 4.39. The van der Waals surface area contributed by atoms with Crippen molar-refractivity contribution in [2.75, 3.05) is 37.6 Å². The third kappa shape index (κ3) is 4.18. The van der Waals surface area contributed by atoms with Gasteiger partial charge in [0.2, 0.25) is 5.13 Å². The molecule has 22 heavy (non-hydrogen) atoms. The van der Waals surface area contributed by atoms with Crippen molar-refractivity contribution in [3.8, 4) is 0 Å². The van der Waals surface area contributed by atoms with Gasteiger partial charge in [0.1, 0.15) is 5.82 Å². The van der Waals surface area contributed by atoms with E-state index in [1.165, 1.54) is 37.3 Å². The van der Waals surface area contributed by atoms with Gasteiger partial charge in [-0.1, -0.05) is 0 Å². The zero-order valence-corrected chi connectivity index (χ0v) is 14.8. The fourth-order valence-electron chi connectivity index (χ4n) is 3.66. The molecule has 6 heteroatoms. The third-order valence-corrected chi connectivity index (χ3v) is 5.62. The molecule has 0 saturated carbocycles. The molecule has 2 atom stereocenters. The molecule has 0 N–H and O–H groups in total. The van der Waals surface area contributed by atoms with Crippen LogP contribution in [0.15, 0.2) is 0 Å². The molecule has 0 unspecified atom stereocenters. The summed E-state index contributed by atoms with van der Waals surface area (Å²) in [6.07, 6.45) is 4.65. The molecule has 0 bridgehead atoms. The van der Waals surface area contributed by atoms with Gasteiger partial charge in [0.25, 0.3) is 0 Å². The molecule has 1 aromatic heterocycles. The Morgan fingerprint density at radius 3 is 2.45 bits per heavy atom. The van der Waals surface area contributed by atoms with Crippen molar-refractivity contribution < 1.29 is 4.74 Å². The normalized spacial score (nSPS) is 28.2. The van der Waals surface area contributed by atoms with E-state index in [2.05, 4.69) is 33.0 Å². The quantitative estimate of drug-likeness (QED) is 0.851. The number of nitrogens with zero attached hydrogens (tertiary/aromatic N) is 4. The summed E-state index contributed by atoms with van der Waals surface area (Å²) in [5.74, 6) is 1.76. The van der Waals surface area contributed by atoms with Crippen LogP contribution in [0.5, 0.6) is 0 Å². The first-order valence-corrected chi connectivity index (χ1v) is 9.30. The summed E-state index contributed by atoms with van der Waals surface area (Å²) in [6, 6.07) is 0. The second-order valence-corrected chi connectivity index (χ2v) is 7.59. The second kappa shape index (κ2) is 7.23. The lowest BCUT2D eigenvalue weighted by Gasteiger charge is -2.37. The van der Waals surface area contributed by atoms with Crippen LogP contribution in [0.4, 0.5) is 5.13 Å². The Bertz CT molecular complexity index is 462. The molecular weight excluding hydrogens is 296 g/mol. The molecule has 0 aliphatic carbocycles.